The minimum absolute atomic E-state index is 0.0570. The van der Waals surface area contributed by atoms with Crippen LogP contribution in [0.5, 0.6) is 0 Å². The van der Waals surface area contributed by atoms with E-state index < -0.39 is 5.54 Å². The van der Waals surface area contributed by atoms with Crippen LogP contribution in [0.2, 0.25) is 0 Å². The molecule has 2 fully saturated rings. The van der Waals surface area contributed by atoms with Gasteiger partial charge in [0.15, 0.2) is 0 Å². The highest BCUT2D eigenvalue weighted by Gasteiger charge is 2.62. The van der Waals surface area contributed by atoms with Crippen LogP contribution >= 0.6 is 0 Å². The van der Waals surface area contributed by atoms with Crippen LogP contribution in [-0.4, -0.2) is 42.9 Å². The molecule has 0 spiro atoms. The van der Waals surface area contributed by atoms with Gasteiger partial charge in [0.1, 0.15) is 5.54 Å². The molecule has 0 aromatic carbocycles. The third-order valence-electron chi connectivity index (χ3n) is 5.16. The Bertz CT molecular complexity index is 377. The first-order valence-corrected chi connectivity index (χ1v) is 7.58. The van der Waals surface area contributed by atoms with Crippen molar-refractivity contribution in [3.05, 3.63) is 0 Å². The number of rotatable bonds is 5. The Morgan fingerprint density at radius 3 is 2.65 bits per heavy atom. The van der Waals surface area contributed by atoms with Crippen LogP contribution in [-0.2, 0) is 14.3 Å². The average molecular weight is 284 g/mol. The second-order valence-electron chi connectivity index (χ2n) is 6.93. The fourth-order valence-electron chi connectivity index (χ4n) is 3.22. The van der Waals surface area contributed by atoms with Gasteiger partial charge in [0.25, 0.3) is 0 Å². The lowest BCUT2D eigenvalue weighted by atomic mass is 9.54. The largest absolute Gasteiger partial charge is 0.378 e. The summed E-state index contributed by atoms with van der Waals surface area (Å²) in [5, 5.41) is 2.98. The predicted octanol–water partition coefficient (Wildman–Crippen LogP) is 1.20. The van der Waals surface area contributed by atoms with E-state index in [0.29, 0.717) is 19.6 Å². The van der Waals surface area contributed by atoms with Crippen LogP contribution in [0.15, 0.2) is 0 Å². The Labute approximate surface area is 121 Å². The summed E-state index contributed by atoms with van der Waals surface area (Å²) >= 11 is 0. The quantitative estimate of drug-likeness (QED) is 0.795. The molecule has 1 heterocycles. The van der Waals surface area contributed by atoms with Crippen molar-refractivity contribution in [2.24, 2.45) is 11.1 Å². The summed E-state index contributed by atoms with van der Waals surface area (Å²) in [5.74, 6) is -0.0878. The van der Waals surface area contributed by atoms with Crippen LogP contribution in [0.4, 0.5) is 0 Å². The molecule has 3 N–H and O–H groups in total. The molecule has 1 amide bonds. The highest BCUT2D eigenvalue weighted by atomic mass is 16.5. The van der Waals surface area contributed by atoms with Crippen molar-refractivity contribution in [2.45, 2.75) is 64.2 Å². The minimum atomic E-state index is -0.845. The first-order chi connectivity index (χ1) is 9.25. The van der Waals surface area contributed by atoms with Crippen molar-refractivity contribution in [1.82, 2.24) is 5.32 Å². The Morgan fingerprint density at radius 2 is 2.15 bits per heavy atom. The molecule has 1 aliphatic heterocycles. The number of carbonyl (C=O) groups excluding carboxylic acids is 1. The van der Waals surface area contributed by atoms with Crippen LogP contribution in [0.1, 0.15) is 47.0 Å². The Kier molecular flexibility index (Phi) is 4.15. The Morgan fingerprint density at radius 1 is 1.45 bits per heavy atom. The smallest absolute Gasteiger partial charge is 0.240 e. The number of nitrogens with one attached hydrogen (secondary N) is 1. The van der Waals surface area contributed by atoms with Crippen molar-refractivity contribution < 1.29 is 14.3 Å². The fourth-order valence-corrected chi connectivity index (χ4v) is 3.22. The number of ether oxygens (including phenoxy) is 2. The van der Waals surface area contributed by atoms with E-state index in [0.717, 1.165) is 19.4 Å². The lowest BCUT2D eigenvalue weighted by Gasteiger charge is -2.57. The number of hydrogen-bond donors (Lipinski definition) is 2. The maximum absolute atomic E-state index is 12.5. The van der Waals surface area contributed by atoms with Gasteiger partial charge in [0, 0.05) is 31.6 Å². The van der Waals surface area contributed by atoms with Crippen molar-refractivity contribution in [1.29, 1.82) is 0 Å². The van der Waals surface area contributed by atoms with Crippen LogP contribution in [0.25, 0.3) is 0 Å². The summed E-state index contributed by atoms with van der Waals surface area (Å²) in [5.41, 5.74) is 4.91. The standard InChI is InChI=1S/C15H28N2O3/c1-5-19-11-9-15(16,13(11,2)3)12(18)17-10-14(4)7-6-8-20-14/h11H,5-10,16H2,1-4H3,(H,17,18). The van der Waals surface area contributed by atoms with Gasteiger partial charge in [-0.15, -0.1) is 0 Å². The molecule has 5 nitrogen and oxygen atoms in total. The number of carbonyl (C=O) groups is 1. The zero-order chi connectivity index (χ0) is 15.0. The molecule has 1 saturated carbocycles. The zero-order valence-corrected chi connectivity index (χ0v) is 13.1. The number of nitrogens with two attached hydrogens (primary N) is 1. The molecular weight excluding hydrogens is 256 g/mol. The summed E-state index contributed by atoms with van der Waals surface area (Å²) in [6.07, 6.45) is 2.67. The molecule has 0 aromatic heterocycles. The first-order valence-electron chi connectivity index (χ1n) is 7.58. The molecule has 2 aliphatic rings. The molecule has 116 valence electrons. The lowest BCUT2D eigenvalue weighted by Crippen LogP contribution is -2.76. The van der Waals surface area contributed by atoms with Gasteiger partial charge in [0.05, 0.1) is 11.7 Å². The van der Waals surface area contributed by atoms with E-state index in [4.69, 9.17) is 15.2 Å². The molecule has 2 rings (SSSR count). The van der Waals surface area contributed by atoms with E-state index in [2.05, 4.69) is 5.32 Å². The van der Waals surface area contributed by atoms with E-state index in [9.17, 15) is 4.79 Å². The molecule has 1 aliphatic carbocycles. The zero-order valence-electron chi connectivity index (χ0n) is 13.1. The van der Waals surface area contributed by atoms with E-state index in [1.807, 2.05) is 27.7 Å². The summed E-state index contributed by atoms with van der Waals surface area (Å²) in [7, 11) is 0. The van der Waals surface area contributed by atoms with E-state index in [1.165, 1.54) is 0 Å². The van der Waals surface area contributed by atoms with Gasteiger partial charge >= 0.3 is 0 Å². The summed E-state index contributed by atoms with van der Waals surface area (Å²) in [6, 6.07) is 0. The van der Waals surface area contributed by atoms with E-state index in [1.54, 1.807) is 0 Å². The van der Waals surface area contributed by atoms with Gasteiger partial charge in [-0.2, -0.15) is 0 Å². The van der Waals surface area contributed by atoms with Gasteiger partial charge in [-0.25, -0.2) is 0 Å². The van der Waals surface area contributed by atoms with E-state index >= 15 is 0 Å². The maximum Gasteiger partial charge on any atom is 0.240 e. The second kappa shape index (κ2) is 5.28. The third-order valence-corrected chi connectivity index (χ3v) is 5.16. The monoisotopic (exact) mass is 284 g/mol. The highest BCUT2D eigenvalue weighted by molar-refractivity contribution is 5.88. The molecule has 3 unspecified atom stereocenters. The average Bonchev–Trinajstić information content (AvgIpc) is 2.83. The van der Waals surface area contributed by atoms with Crippen molar-refractivity contribution in [3.8, 4) is 0 Å². The summed E-state index contributed by atoms with van der Waals surface area (Å²) in [6.45, 7) is 9.97. The first kappa shape index (κ1) is 15.7. The summed E-state index contributed by atoms with van der Waals surface area (Å²) in [4.78, 5) is 12.5. The Balaban J connectivity index is 1.92. The van der Waals surface area contributed by atoms with E-state index in [-0.39, 0.29) is 23.0 Å². The summed E-state index contributed by atoms with van der Waals surface area (Å²) < 4.78 is 11.3. The minimum Gasteiger partial charge on any atom is -0.378 e. The van der Waals surface area contributed by atoms with Crippen molar-refractivity contribution in [2.75, 3.05) is 19.8 Å². The van der Waals surface area contributed by atoms with Gasteiger partial charge in [-0.05, 0) is 26.7 Å². The molecule has 5 heteroatoms. The number of hydrogen-bond acceptors (Lipinski definition) is 4. The Hall–Kier alpha value is -0.650. The second-order valence-corrected chi connectivity index (χ2v) is 6.93. The highest BCUT2D eigenvalue weighted by Crippen LogP contribution is 2.49. The van der Waals surface area contributed by atoms with Crippen LogP contribution in [0, 0.1) is 5.41 Å². The topological polar surface area (TPSA) is 73.6 Å². The SMILES string of the molecule is CCOC1CC(N)(C(=O)NCC2(C)CCCO2)C1(C)C. The van der Waals surface area contributed by atoms with Crippen molar-refractivity contribution >= 4 is 5.91 Å². The molecular formula is C15H28N2O3. The van der Waals surface area contributed by atoms with Gasteiger partial charge < -0.3 is 20.5 Å². The maximum atomic E-state index is 12.5. The van der Waals surface area contributed by atoms with Gasteiger partial charge in [-0.3, -0.25) is 4.79 Å². The molecule has 1 saturated heterocycles. The van der Waals surface area contributed by atoms with Crippen molar-refractivity contribution in [3.63, 3.8) is 0 Å². The van der Waals surface area contributed by atoms with Gasteiger partial charge in [0.2, 0.25) is 5.91 Å². The van der Waals surface area contributed by atoms with Gasteiger partial charge in [-0.1, -0.05) is 13.8 Å². The normalized spacial score (nSPS) is 39.4. The molecule has 0 aromatic rings. The molecule has 20 heavy (non-hydrogen) atoms. The predicted molar refractivity (Wildman–Crippen MR) is 77.3 cm³/mol. The molecule has 0 bridgehead atoms. The lowest BCUT2D eigenvalue weighted by molar-refractivity contribution is -0.171. The molecule has 3 atom stereocenters. The third kappa shape index (κ3) is 2.47. The molecule has 0 radical (unpaired) electrons. The van der Waals surface area contributed by atoms with Crippen LogP contribution in [0.3, 0.4) is 0 Å². The fraction of sp³-hybridized carbons (Fsp3) is 0.933. The van der Waals surface area contributed by atoms with Crippen LogP contribution < -0.4 is 11.1 Å². The number of amides is 1.